The quantitative estimate of drug-likeness (QED) is 0.196. The summed E-state index contributed by atoms with van der Waals surface area (Å²) in [6.45, 7) is 4.71. The van der Waals surface area contributed by atoms with Crippen molar-refractivity contribution in [2.75, 3.05) is 37.7 Å². The molecular weight excluding hydrogens is 517 g/mol. The number of benzene rings is 2. The highest BCUT2D eigenvalue weighted by atomic mass is 31.2. The number of hydrogen-bond acceptors (Lipinski definition) is 8. The third-order valence-electron chi connectivity index (χ3n) is 4.91. The van der Waals surface area contributed by atoms with E-state index in [0.717, 1.165) is 6.07 Å². The highest BCUT2D eigenvalue weighted by Gasteiger charge is 2.36. The first-order valence-electron chi connectivity index (χ1n) is 10.8. The molecule has 0 bridgehead atoms. The number of carbonyl (C=O) groups is 1. The number of amides is 1. The van der Waals surface area contributed by atoms with Crippen LogP contribution in [0.1, 0.15) is 22.8 Å². The van der Waals surface area contributed by atoms with Gasteiger partial charge in [0.25, 0.3) is 5.91 Å². The van der Waals surface area contributed by atoms with Gasteiger partial charge in [0, 0.05) is 17.6 Å². The zero-order valence-corrected chi connectivity index (χ0v) is 21.1. The summed E-state index contributed by atoms with van der Waals surface area (Å²) in [6.07, 6.45) is -4.30. The van der Waals surface area contributed by atoms with Gasteiger partial charge in [-0.2, -0.15) is 18.2 Å². The van der Waals surface area contributed by atoms with E-state index in [1.165, 1.54) is 38.6 Å². The molecule has 2 aromatic carbocycles. The molecule has 1 heterocycles. The van der Waals surface area contributed by atoms with Gasteiger partial charge in [-0.1, -0.05) is 12.1 Å². The number of anilines is 4. The fourth-order valence-electron chi connectivity index (χ4n) is 3.21. The topological polar surface area (TPSA) is 114 Å². The summed E-state index contributed by atoms with van der Waals surface area (Å²) < 4.78 is 74.1. The Bertz CT molecular complexity index is 1350. The Balaban J connectivity index is 2.06. The number of para-hydroxylation sites is 1. The second-order valence-electron chi connectivity index (χ2n) is 7.97. The highest BCUT2D eigenvalue weighted by molar-refractivity contribution is 7.70. The van der Waals surface area contributed by atoms with E-state index < -0.39 is 47.9 Å². The molecular formula is C23H24F4N5O4P. The molecule has 0 spiro atoms. The number of nitrogens with one attached hydrogen (secondary N) is 3. The van der Waals surface area contributed by atoms with Gasteiger partial charge < -0.3 is 19.9 Å². The molecule has 9 nitrogen and oxygen atoms in total. The minimum atomic E-state index is -4.83. The van der Waals surface area contributed by atoms with E-state index >= 15 is 4.39 Å². The fraction of sp³-hybridized carbons (Fsp3) is 0.261. The summed E-state index contributed by atoms with van der Waals surface area (Å²) in [5, 5.41) is 5.40. The van der Waals surface area contributed by atoms with E-state index in [9.17, 15) is 22.5 Å². The largest absolute Gasteiger partial charge is 0.497 e. The molecule has 0 atom stereocenters. The van der Waals surface area contributed by atoms with Crippen LogP contribution >= 0.6 is 7.14 Å². The lowest BCUT2D eigenvalue weighted by molar-refractivity contribution is -0.137. The number of ether oxygens (including phenoxy) is 1. The van der Waals surface area contributed by atoms with Crippen LogP contribution < -0.4 is 26.2 Å². The molecule has 37 heavy (non-hydrogen) atoms. The first kappa shape index (κ1) is 27.9. The van der Waals surface area contributed by atoms with E-state index in [-0.39, 0.29) is 23.7 Å². The van der Waals surface area contributed by atoms with E-state index in [1.54, 1.807) is 19.1 Å². The monoisotopic (exact) mass is 541 g/mol. The van der Waals surface area contributed by atoms with Crippen molar-refractivity contribution in [3.8, 4) is 5.75 Å². The fourth-order valence-corrected chi connectivity index (χ4v) is 4.36. The Hall–Kier alpha value is -3.70. The summed E-state index contributed by atoms with van der Waals surface area (Å²) >= 11 is 0. The first-order chi connectivity index (χ1) is 17.3. The molecule has 0 aliphatic carbocycles. The lowest BCUT2D eigenvalue weighted by Crippen LogP contribution is -2.25. The van der Waals surface area contributed by atoms with Crippen molar-refractivity contribution in [1.29, 1.82) is 0 Å². The number of nitrogens with zero attached hydrogens (tertiary/aromatic N) is 2. The second kappa shape index (κ2) is 11.1. The van der Waals surface area contributed by atoms with Crippen LogP contribution in [0.3, 0.4) is 0 Å². The van der Waals surface area contributed by atoms with Gasteiger partial charge in [0.1, 0.15) is 24.3 Å². The first-order valence-corrected chi connectivity index (χ1v) is 13.4. The zero-order valence-electron chi connectivity index (χ0n) is 20.2. The van der Waals surface area contributed by atoms with Crippen molar-refractivity contribution in [3.63, 3.8) is 0 Å². The van der Waals surface area contributed by atoms with Crippen molar-refractivity contribution < 1.29 is 36.5 Å². The molecule has 3 N–H and O–H groups in total. The molecule has 0 fully saturated rings. The summed E-state index contributed by atoms with van der Waals surface area (Å²) in [4.78, 5) is 24.6. The third-order valence-corrected chi connectivity index (χ3v) is 6.46. The summed E-state index contributed by atoms with van der Waals surface area (Å²) in [7, 11) is -1.58. The Morgan fingerprint density at radius 2 is 1.81 bits per heavy atom. The van der Waals surface area contributed by atoms with Crippen LogP contribution in [0.15, 0.2) is 42.6 Å². The number of rotatable bonds is 9. The average Bonchev–Trinajstić information content (AvgIpc) is 2.83. The van der Waals surface area contributed by atoms with Gasteiger partial charge in [-0.05, 0) is 38.5 Å². The lowest BCUT2D eigenvalue weighted by Gasteiger charge is -2.18. The van der Waals surface area contributed by atoms with Crippen LogP contribution in [-0.2, 0) is 15.6 Å². The van der Waals surface area contributed by atoms with Gasteiger partial charge in [0.2, 0.25) is 5.95 Å². The van der Waals surface area contributed by atoms with Gasteiger partial charge in [-0.15, -0.1) is 0 Å². The van der Waals surface area contributed by atoms with Crippen molar-refractivity contribution in [2.24, 2.45) is 0 Å². The van der Waals surface area contributed by atoms with Crippen LogP contribution in [0.2, 0.25) is 0 Å². The predicted molar refractivity (Wildman–Crippen MR) is 131 cm³/mol. The zero-order chi connectivity index (χ0) is 27.4. The summed E-state index contributed by atoms with van der Waals surface area (Å²) in [5.74, 6) is -2.93. The molecule has 3 rings (SSSR count). The van der Waals surface area contributed by atoms with Crippen LogP contribution in [0.25, 0.3) is 0 Å². The van der Waals surface area contributed by atoms with Crippen molar-refractivity contribution in [1.82, 2.24) is 15.4 Å². The average molecular weight is 541 g/mol. The Labute approximate surface area is 209 Å². The van der Waals surface area contributed by atoms with Crippen LogP contribution in [-0.4, -0.2) is 42.9 Å². The lowest BCUT2D eigenvalue weighted by atomic mass is 10.1. The Kier molecular flexibility index (Phi) is 8.39. The van der Waals surface area contributed by atoms with Crippen LogP contribution in [0.4, 0.5) is 40.7 Å². The molecule has 0 radical (unpaired) electrons. The van der Waals surface area contributed by atoms with Gasteiger partial charge in [-0.3, -0.25) is 9.63 Å². The highest BCUT2D eigenvalue weighted by Crippen LogP contribution is 2.40. The minimum Gasteiger partial charge on any atom is -0.497 e. The molecule has 0 unspecified atom stereocenters. The molecule has 0 aliphatic rings. The van der Waals surface area contributed by atoms with E-state index in [4.69, 9.17) is 9.57 Å². The van der Waals surface area contributed by atoms with Gasteiger partial charge >= 0.3 is 6.18 Å². The summed E-state index contributed by atoms with van der Waals surface area (Å²) in [6, 6.07) is 8.49. The van der Waals surface area contributed by atoms with Crippen LogP contribution in [0, 0.1) is 5.82 Å². The maximum Gasteiger partial charge on any atom is 0.421 e. The number of alkyl halides is 3. The smallest absolute Gasteiger partial charge is 0.421 e. The van der Waals surface area contributed by atoms with E-state index in [2.05, 4.69) is 26.1 Å². The number of methoxy groups -OCH3 is 1. The molecule has 0 aliphatic heterocycles. The van der Waals surface area contributed by atoms with E-state index in [1.807, 2.05) is 0 Å². The number of carbonyl (C=O) groups excluding carboxylic acids is 1. The van der Waals surface area contributed by atoms with Gasteiger partial charge in [0.15, 0.2) is 5.82 Å². The maximum absolute atomic E-state index is 15.1. The summed E-state index contributed by atoms with van der Waals surface area (Å²) in [5.41, 5.74) is 0.240. The second-order valence-corrected chi connectivity index (χ2v) is 11.2. The SMILES string of the molecule is CCONC(=O)c1cc(OC)cc(Nc2ncc(C(F)(F)F)c(Nc3ccccc3P(C)(C)=O)n2)c1F. The van der Waals surface area contributed by atoms with Crippen LogP contribution in [0.5, 0.6) is 5.75 Å². The molecule has 14 heteroatoms. The normalized spacial score (nSPS) is 11.7. The molecule has 0 saturated carbocycles. The molecule has 1 aromatic heterocycles. The Morgan fingerprint density at radius 3 is 2.43 bits per heavy atom. The molecule has 198 valence electrons. The van der Waals surface area contributed by atoms with Crippen molar-refractivity contribution in [2.45, 2.75) is 13.1 Å². The number of halogens is 4. The van der Waals surface area contributed by atoms with Crippen molar-refractivity contribution >= 4 is 41.5 Å². The van der Waals surface area contributed by atoms with E-state index in [0.29, 0.717) is 11.5 Å². The molecule has 1 amide bonds. The maximum atomic E-state index is 15.1. The number of hydrogen-bond donors (Lipinski definition) is 3. The van der Waals surface area contributed by atoms with Gasteiger partial charge in [-0.25, -0.2) is 14.9 Å². The van der Waals surface area contributed by atoms with Crippen molar-refractivity contribution in [3.05, 3.63) is 59.5 Å². The number of aromatic nitrogens is 2. The third kappa shape index (κ3) is 6.75. The van der Waals surface area contributed by atoms with Gasteiger partial charge in [0.05, 0.1) is 30.7 Å². The Morgan fingerprint density at radius 1 is 1.11 bits per heavy atom. The number of hydroxylamine groups is 1. The predicted octanol–water partition coefficient (Wildman–Crippen LogP) is 5.06. The minimum absolute atomic E-state index is 0.0754. The molecule has 0 saturated heterocycles. The standard InChI is InChI=1S/C23H24F4N5O4P/c1-5-36-32-21(33)14-10-13(35-2)11-17(19(14)24)30-22-28-12-15(23(25,26)27)20(31-22)29-16-8-6-7-9-18(16)37(3,4)34/h6-12H,5H2,1-4H3,(H,32,33)(H2,28,29,30,31). The molecule has 3 aromatic rings.